The molecule has 0 bridgehead atoms. The summed E-state index contributed by atoms with van der Waals surface area (Å²) in [6, 6.07) is 0. The monoisotopic (exact) mass is 134 g/mol. The van der Waals surface area contributed by atoms with Crippen LogP contribution in [0.3, 0.4) is 0 Å². The van der Waals surface area contributed by atoms with Crippen molar-refractivity contribution in [3.05, 3.63) is 17.9 Å². The number of hydrogen-bond donors (Lipinski definition) is 0. The van der Waals surface area contributed by atoms with Gasteiger partial charge in [0.25, 0.3) is 0 Å². The molecular formula is C10H14. The molecule has 0 nitrogen and oxygen atoms in total. The maximum absolute atomic E-state index is 3.20. The summed E-state index contributed by atoms with van der Waals surface area (Å²) in [5.41, 5.74) is 3.69. The van der Waals surface area contributed by atoms with Crippen LogP contribution in [0.5, 0.6) is 0 Å². The second-order valence-corrected chi connectivity index (χ2v) is 4.04. The zero-order chi connectivity index (χ0) is 7.19. The molecule has 2 aliphatic carbocycles. The lowest BCUT2D eigenvalue weighted by molar-refractivity contribution is 0.362. The van der Waals surface area contributed by atoms with Gasteiger partial charge in [0, 0.05) is 5.41 Å². The highest BCUT2D eigenvalue weighted by Crippen LogP contribution is 2.54. The summed E-state index contributed by atoms with van der Waals surface area (Å²) in [7, 11) is 0. The summed E-state index contributed by atoms with van der Waals surface area (Å²) in [5.74, 6) is 1.92. The van der Waals surface area contributed by atoms with Crippen LogP contribution in [0, 0.1) is 17.3 Å². The van der Waals surface area contributed by atoms with E-state index in [1.54, 1.807) is 0 Å². The summed E-state index contributed by atoms with van der Waals surface area (Å²) in [5, 5.41) is 0. The average molecular weight is 134 g/mol. The Morgan fingerprint density at radius 2 is 2.30 bits per heavy atom. The predicted octanol–water partition coefficient (Wildman–Crippen LogP) is 2.76. The highest BCUT2D eigenvalue weighted by atomic mass is 14.5. The average Bonchev–Trinajstić information content (AvgIpc) is 2.44. The van der Waals surface area contributed by atoms with Crippen LogP contribution >= 0.6 is 0 Å². The second-order valence-electron chi connectivity index (χ2n) is 4.04. The molecule has 2 rings (SSSR count). The molecular weight excluding hydrogens is 120 g/mol. The van der Waals surface area contributed by atoms with Gasteiger partial charge >= 0.3 is 0 Å². The third-order valence-electron chi connectivity index (χ3n) is 3.03. The van der Waals surface area contributed by atoms with Crippen molar-refractivity contribution in [2.24, 2.45) is 17.3 Å². The fourth-order valence-electron chi connectivity index (χ4n) is 2.09. The normalized spacial score (nSPS) is 50.2. The SMILES string of the molecule is CC1CC1C1(C)C=C=CC1. The Bertz CT molecular complexity index is 208. The molecule has 3 unspecified atom stereocenters. The fourth-order valence-corrected chi connectivity index (χ4v) is 2.09. The molecule has 0 radical (unpaired) electrons. The van der Waals surface area contributed by atoms with Crippen molar-refractivity contribution in [1.82, 2.24) is 0 Å². The molecule has 0 heterocycles. The van der Waals surface area contributed by atoms with Gasteiger partial charge in [-0.25, -0.2) is 0 Å². The first-order valence-corrected chi connectivity index (χ1v) is 4.14. The molecule has 0 aliphatic heterocycles. The second kappa shape index (κ2) is 1.77. The van der Waals surface area contributed by atoms with E-state index in [9.17, 15) is 0 Å². The largest absolute Gasteiger partial charge is 0.129 e. The van der Waals surface area contributed by atoms with E-state index in [-0.39, 0.29) is 0 Å². The molecule has 0 aromatic carbocycles. The molecule has 54 valence electrons. The van der Waals surface area contributed by atoms with Crippen molar-refractivity contribution in [3.8, 4) is 0 Å². The van der Waals surface area contributed by atoms with Gasteiger partial charge in [-0.2, -0.15) is 0 Å². The Kier molecular flexibility index (Phi) is 1.10. The van der Waals surface area contributed by atoms with Crippen molar-refractivity contribution >= 4 is 0 Å². The van der Waals surface area contributed by atoms with Gasteiger partial charge in [0.15, 0.2) is 0 Å². The molecule has 0 aromatic rings. The van der Waals surface area contributed by atoms with Crippen LogP contribution in [0.1, 0.15) is 26.7 Å². The first-order chi connectivity index (χ1) is 4.72. The Balaban J connectivity index is 2.11. The lowest BCUT2D eigenvalue weighted by atomic mass is 9.83. The van der Waals surface area contributed by atoms with Crippen molar-refractivity contribution < 1.29 is 0 Å². The molecule has 0 aromatic heterocycles. The maximum atomic E-state index is 3.20. The van der Waals surface area contributed by atoms with Crippen LogP contribution in [0.2, 0.25) is 0 Å². The predicted molar refractivity (Wildman–Crippen MR) is 42.6 cm³/mol. The van der Waals surface area contributed by atoms with Gasteiger partial charge in [0.2, 0.25) is 0 Å². The molecule has 0 saturated heterocycles. The van der Waals surface area contributed by atoms with E-state index in [0.29, 0.717) is 5.41 Å². The summed E-state index contributed by atoms with van der Waals surface area (Å²) in [6.45, 7) is 4.71. The highest BCUT2D eigenvalue weighted by Gasteiger charge is 2.46. The summed E-state index contributed by atoms with van der Waals surface area (Å²) in [4.78, 5) is 0. The van der Waals surface area contributed by atoms with Gasteiger partial charge < -0.3 is 0 Å². The van der Waals surface area contributed by atoms with E-state index < -0.39 is 0 Å². The standard InChI is InChI=1S/C10H14/c1-8-7-9(8)10(2)5-3-4-6-10/h3,6,8-9H,5,7H2,1-2H3. The Morgan fingerprint density at radius 3 is 2.70 bits per heavy atom. The minimum atomic E-state index is 0.486. The lowest BCUT2D eigenvalue weighted by Crippen LogP contribution is -2.13. The molecule has 0 spiro atoms. The van der Waals surface area contributed by atoms with E-state index in [1.165, 1.54) is 12.8 Å². The molecule has 0 amide bonds. The minimum absolute atomic E-state index is 0.486. The molecule has 1 saturated carbocycles. The van der Waals surface area contributed by atoms with Crippen molar-refractivity contribution in [3.63, 3.8) is 0 Å². The smallest absolute Gasteiger partial charge is 0.0000498 e. The quantitative estimate of drug-likeness (QED) is 0.484. The van der Waals surface area contributed by atoms with E-state index >= 15 is 0 Å². The number of allylic oxidation sites excluding steroid dienone is 1. The minimum Gasteiger partial charge on any atom is -0.129 e. The number of hydrogen-bond acceptors (Lipinski definition) is 0. The topological polar surface area (TPSA) is 0 Å². The molecule has 1 fully saturated rings. The molecule has 0 heteroatoms. The van der Waals surface area contributed by atoms with Crippen LogP contribution in [-0.2, 0) is 0 Å². The third kappa shape index (κ3) is 0.759. The Morgan fingerprint density at radius 1 is 1.60 bits per heavy atom. The first kappa shape index (κ1) is 6.24. The van der Waals surface area contributed by atoms with Gasteiger partial charge in [0.05, 0.1) is 0 Å². The maximum Gasteiger partial charge on any atom is 0.0000498 e. The summed E-state index contributed by atoms with van der Waals surface area (Å²) >= 11 is 0. The summed E-state index contributed by atoms with van der Waals surface area (Å²) < 4.78 is 0. The van der Waals surface area contributed by atoms with Crippen molar-refractivity contribution in [2.45, 2.75) is 26.7 Å². The molecule has 0 N–H and O–H groups in total. The zero-order valence-corrected chi connectivity index (χ0v) is 6.72. The highest BCUT2D eigenvalue weighted by molar-refractivity contribution is 5.14. The van der Waals surface area contributed by atoms with Crippen molar-refractivity contribution in [2.75, 3.05) is 0 Å². The third-order valence-corrected chi connectivity index (χ3v) is 3.03. The van der Waals surface area contributed by atoms with Crippen LogP contribution < -0.4 is 0 Å². The van der Waals surface area contributed by atoms with E-state index in [4.69, 9.17) is 0 Å². The van der Waals surface area contributed by atoms with Gasteiger partial charge in [-0.15, -0.1) is 5.73 Å². The molecule has 2 aliphatic rings. The van der Waals surface area contributed by atoms with Gasteiger partial charge in [-0.3, -0.25) is 0 Å². The van der Waals surface area contributed by atoms with Crippen LogP contribution in [-0.4, -0.2) is 0 Å². The Hall–Kier alpha value is -0.480. The first-order valence-electron chi connectivity index (χ1n) is 4.14. The van der Waals surface area contributed by atoms with Gasteiger partial charge in [-0.1, -0.05) is 13.8 Å². The van der Waals surface area contributed by atoms with Crippen LogP contribution in [0.15, 0.2) is 17.9 Å². The van der Waals surface area contributed by atoms with E-state index in [2.05, 4.69) is 31.7 Å². The van der Waals surface area contributed by atoms with Crippen LogP contribution in [0.4, 0.5) is 0 Å². The molecule has 10 heavy (non-hydrogen) atoms. The summed E-state index contributed by atoms with van der Waals surface area (Å²) in [6.07, 6.45) is 7.09. The molecule has 3 atom stereocenters. The van der Waals surface area contributed by atoms with Gasteiger partial charge in [0.1, 0.15) is 0 Å². The van der Waals surface area contributed by atoms with Crippen molar-refractivity contribution in [1.29, 1.82) is 0 Å². The number of rotatable bonds is 1. The van der Waals surface area contributed by atoms with E-state index in [0.717, 1.165) is 11.8 Å². The van der Waals surface area contributed by atoms with Gasteiger partial charge in [-0.05, 0) is 36.8 Å². The lowest BCUT2D eigenvalue weighted by Gasteiger charge is -2.20. The van der Waals surface area contributed by atoms with Crippen LogP contribution in [0.25, 0.3) is 0 Å². The zero-order valence-electron chi connectivity index (χ0n) is 6.72. The fraction of sp³-hybridized carbons (Fsp3) is 0.700. The van der Waals surface area contributed by atoms with E-state index in [1.807, 2.05) is 0 Å². The Labute approximate surface area is 62.6 Å².